The van der Waals surface area contributed by atoms with E-state index in [1.165, 1.54) is 25.7 Å². The number of unbranched alkanes of at least 4 members (excludes halogenated alkanes) is 5. The molecule has 0 radical (unpaired) electrons. The molecule has 0 aromatic carbocycles. The molecule has 104 valence electrons. The van der Waals surface area contributed by atoms with Crippen LogP contribution in [0.15, 0.2) is 36.5 Å². The van der Waals surface area contributed by atoms with Gasteiger partial charge in [0.25, 0.3) is 0 Å². The van der Waals surface area contributed by atoms with Crippen LogP contribution in [0.3, 0.4) is 0 Å². The van der Waals surface area contributed by atoms with Crippen molar-refractivity contribution in [2.45, 2.75) is 64.7 Å². The maximum Gasteiger partial charge on any atom is 0.0433 e. The first-order chi connectivity index (χ1) is 8.91. The van der Waals surface area contributed by atoms with E-state index in [2.05, 4.69) is 43.4 Å². The molecule has 1 nitrogen and oxygen atoms in total. The van der Waals surface area contributed by atoms with E-state index in [0.717, 1.165) is 32.1 Å². The van der Waals surface area contributed by atoms with E-state index < -0.39 is 0 Å². The Morgan fingerprint density at radius 1 is 0.667 bits per heavy atom. The Labute approximate surface area is 113 Å². The van der Waals surface area contributed by atoms with Gasteiger partial charge >= 0.3 is 0 Å². The van der Waals surface area contributed by atoms with Gasteiger partial charge in [0.1, 0.15) is 0 Å². The summed E-state index contributed by atoms with van der Waals surface area (Å²) < 4.78 is 0. The zero-order chi connectivity index (χ0) is 13.3. The molecule has 0 aliphatic carbocycles. The van der Waals surface area contributed by atoms with Gasteiger partial charge in [0.05, 0.1) is 0 Å². The van der Waals surface area contributed by atoms with Crippen LogP contribution in [0.25, 0.3) is 0 Å². The molecule has 18 heavy (non-hydrogen) atoms. The third kappa shape index (κ3) is 15.2. The minimum absolute atomic E-state index is 0.300. The highest BCUT2D eigenvalue weighted by Gasteiger charge is 1.81. The smallest absolute Gasteiger partial charge is 0.0433 e. The number of hydrogen-bond donors (Lipinski definition) is 1. The van der Waals surface area contributed by atoms with Crippen LogP contribution in [-0.2, 0) is 0 Å². The zero-order valence-electron chi connectivity index (χ0n) is 12.0. The van der Waals surface area contributed by atoms with Crippen molar-refractivity contribution < 1.29 is 5.11 Å². The monoisotopic (exact) mass is 250 g/mol. The minimum Gasteiger partial charge on any atom is -0.396 e. The lowest BCUT2D eigenvalue weighted by Gasteiger charge is -1.91. The second-order valence-corrected chi connectivity index (χ2v) is 4.59. The highest BCUT2D eigenvalue weighted by atomic mass is 16.2. The molecule has 0 spiro atoms. The summed E-state index contributed by atoms with van der Waals surface area (Å²) in [5.74, 6) is 0. The second-order valence-electron chi connectivity index (χ2n) is 4.59. The molecule has 0 rings (SSSR count). The summed E-state index contributed by atoms with van der Waals surface area (Å²) >= 11 is 0. The fourth-order valence-electron chi connectivity index (χ4n) is 1.66. The maximum atomic E-state index is 8.61. The Hall–Kier alpha value is -0.820. The molecule has 0 saturated heterocycles. The highest BCUT2D eigenvalue weighted by Crippen LogP contribution is 2.01. The third-order valence-electron chi connectivity index (χ3n) is 2.78. The van der Waals surface area contributed by atoms with Gasteiger partial charge in [0, 0.05) is 6.61 Å². The molecule has 0 bridgehead atoms. The molecule has 1 heteroatoms. The fourth-order valence-corrected chi connectivity index (χ4v) is 1.66. The van der Waals surface area contributed by atoms with Crippen LogP contribution >= 0.6 is 0 Å². The number of aliphatic hydroxyl groups excluding tert-OH is 1. The van der Waals surface area contributed by atoms with Crippen LogP contribution in [0.1, 0.15) is 64.7 Å². The summed E-state index contributed by atoms with van der Waals surface area (Å²) in [5.41, 5.74) is 0. The summed E-state index contributed by atoms with van der Waals surface area (Å²) in [6, 6.07) is 0. The predicted molar refractivity (Wildman–Crippen MR) is 81.7 cm³/mol. The topological polar surface area (TPSA) is 20.2 Å². The van der Waals surface area contributed by atoms with Gasteiger partial charge < -0.3 is 5.11 Å². The van der Waals surface area contributed by atoms with Crippen molar-refractivity contribution in [2.24, 2.45) is 0 Å². The average molecular weight is 250 g/mol. The quantitative estimate of drug-likeness (QED) is 0.374. The number of rotatable bonds is 12. The second kappa shape index (κ2) is 16.2. The highest BCUT2D eigenvalue weighted by molar-refractivity contribution is 4.94. The predicted octanol–water partition coefficient (Wildman–Crippen LogP) is 5.18. The van der Waals surface area contributed by atoms with Gasteiger partial charge in [-0.1, -0.05) is 56.2 Å². The standard InChI is InChI=1S/C17H30O/c1-2-3-4-5-6-7-8-9-10-11-12-13-14-15-16-17-18/h6-7,9-10,13-14,18H,2-5,8,11-12,15-17H2,1H3. The Morgan fingerprint density at radius 2 is 1.22 bits per heavy atom. The Kier molecular flexibility index (Phi) is 15.4. The maximum absolute atomic E-state index is 8.61. The van der Waals surface area contributed by atoms with E-state index in [1.54, 1.807) is 0 Å². The van der Waals surface area contributed by atoms with E-state index in [4.69, 9.17) is 5.11 Å². The number of aliphatic hydroxyl groups is 1. The average Bonchev–Trinajstić information content (AvgIpc) is 2.39. The van der Waals surface area contributed by atoms with Crippen molar-refractivity contribution in [1.82, 2.24) is 0 Å². The van der Waals surface area contributed by atoms with Crippen LogP contribution in [0.4, 0.5) is 0 Å². The number of hydrogen-bond acceptors (Lipinski definition) is 1. The zero-order valence-corrected chi connectivity index (χ0v) is 12.0. The van der Waals surface area contributed by atoms with Gasteiger partial charge in [-0.3, -0.25) is 0 Å². The summed E-state index contributed by atoms with van der Waals surface area (Å²) in [4.78, 5) is 0. The van der Waals surface area contributed by atoms with E-state index in [9.17, 15) is 0 Å². The first-order valence-electron chi connectivity index (χ1n) is 7.47. The summed E-state index contributed by atoms with van der Waals surface area (Å²) in [6.07, 6.45) is 23.9. The summed E-state index contributed by atoms with van der Waals surface area (Å²) in [5, 5.41) is 8.61. The van der Waals surface area contributed by atoms with Gasteiger partial charge in [0.2, 0.25) is 0 Å². The lowest BCUT2D eigenvalue weighted by molar-refractivity contribution is 0.289. The molecule has 0 heterocycles. The molecule has 0 aromatic heterocycles. The molecule has 0 aliphatic rings. The van der Waals surface area contributed by atoms with E-state index in [0.29, 0.717) is 6.61 Å². The van der Waals surface area contributed by atoms with Gasteiger partial charge in [-0.2, -0.15) is 0 Å². The molecule has 0 saturated carbocycles. The molecule has 1 N–H and O–H groups in total. The fraction of sp³-hybridized carbons (Fsp3) is 0.647. The van der Waals surface area contributed by atoms with Crippen molar-refractivity contribution in [3.05, 3.63) is 36.5 Å². The van der Waals surface area contributed by atoms with E-state index in [-0.39, 0.29) is 0 Å². The first kappa shape index (κ1) is 17.2. The molecule has 0 unspecified atom stereocenters. The van der Waals surface area contributed by atoms with E-state index in [1.807, 2.05) is 0 Å². The molecule has 0 amide bonds. The summed E-state index contributed by atoms with van der Waals surface area (Å²) in [7, 11) is 0. The largest absolute Gasteiger partial charge is 0.396 e. The van der Waals surface area contributed by atoms with Crippen LogP contribution < -0.4 is 0 Å². The van der Waals surface area contributed by atoms with Gasteiger partial charge in [0.15, 0.2) is 0 Å². The molecule has 0 aromatic rings. The Balaban J connectivity index is 3.25. The Bertz CT molecular complexity index is 226. The summed E-state index contributed by atoms with van der Waals surface area (Å²) in [6.45, 7) is 2.54. The lowest BCUT2D eigenvalue weighted by Crippen LogP contribution is -1.78. The normalized spacial score (nSPS) is 12.3. The molecule has 0 aliphatic heterocycles. The SMILES string of the molecule is CCCCCC=CCC=CCCC=CCCCO. The van der Waals surface area contributed by atoms with E-state index >= 15 is 0 Å². The molecular weight excluding hydrogens is 220 g/mol. The van der Waals surface area contributed by atoms with Crippen LogP contribution in [0.5, 0.6) is 0 Å². The molecular formula is C17H30O. The van der Waals surface area contributed by atoms with Gasteiger partial charge in [-0.15, -0.1) is 0 Å². The van der Waals surface area contributed by atoms with Crippen molar-refractivity contribution in [3.63, 3.8) is 0 Å². The number of allylic oxidation sites excluding steroid dienone is 6. The van der Waals surface area contributed by atoms with Crippen LogP contribution in [0, 0.1) is 0 Å². The minimum atomic E-state index is 0.300. The van der Waals surface area contributed by atoms with Crippen molar-refractivity contribution in [2.75, 3.05) is 6.61 Å². The lowest BCUT2D eigenvalue weighted by atomic mass is 10.2. The molecule has 0 fully saturated rings. The van der Waals surface area contributed by atoms with Gasteiger partial charge in [-0.25, -0.2) is 0 Å². The third-order valence-corrected chi connectivity index (χ3v) is 2.78. The Morgan fingerprint density at radius 3 is 1.89 bits per heavy atom. The van der Waals surface area contributed by atoms with Gasteiger partial charge in [-0.05, 0) is 44.9 Å². The van der Waals surface area contributed by atoms with Crippen molar-refractivity contribution >= 4 is 0 Å². The molecule has 0 atom stereocenters. The van der Waals surface area contributed by atoms with Crippen molar-refractivity contribution in [1.29, 1.82) is 0 Å². The first-order valence-corrected chi connectivity index (χ1v) is 7.47. The van der Waals surface area contributed by atoms with Crippen LogP contribution in [-0.4, -0.2) is 11.7 Å². The van der Waals surface area contributed by atoms with Crippen molar-refractivity contribution in [3.8, 4) is 0 Å². The van der Waals surface area contributed by atoms with Crippen LogP contribution in [0.2, 0.25) is 0 Å².